The van der Waals surface area contributed by atoms with Gasteiger partial charge in [-0.15, -0.1) is 0 Å². The molecule has 5 rings (SSSR count). The van der Waals surface area contributed by atoms with E-state index in [2.05, 4.69) is 34.9 Å². The first-order valence-corrected chi connectivity index (χ1v) is 10.5. The van der Waals surface area contributed by atoms with E-state index in [-0.39, 0.29) is 35.5 Å². The van der Waals surface area contributed by atoms with E-state index < -0.39 is 0 Å². The fourth-order valence-electron chi connectivity index (χ4n) is 4.26. The summed E-state index contributed by atoms with van der Waals surface area (Å²) in [6.07, 6.45) is 1.73. The Balaban J connectivity index is 1.22. The van der Waals surface area contributed by atoms with Crippen LogP contribution in [0.15, 0.2) is 84.9 Å². The lowest BCUT2D eigenvalue weighted by Gasteiger charge is -2.12. The Morgan fingerprint density at radius 1 is 0.567 bits per heavy atom. The van der Waals surface area contributed by atoms with Crippen LogP contribution in [0.2, 0.25) is 0 Å². The van der Waals surface area contributed by atoms with E-state index >= 15 is 0 Å². The summed E-state index contributed by atoms with van der Waals surface area (Å²) in [6, 6.07) is 27.7. The Kier molecular flexibility index (Phi) is 4.83. The van der Waals surface area contributed by atoms with Crippen LogP contribution < -0.4 is 10.6 Å². The number of benzene rings is 3. The van der Waals surface area contributed by atoms with Gasteiger partial charge in [-0.1, -0.05) is 72.8 Å². The Bertz CT molecular complexity index is 978. The maximum atomic E-state index is 12.8. The maximum Gasteiger partial charge on any atom is 0.228 e. The van der Waals surface area contributed by atoms with Crippen LogP contribution in [-0.2, 0) is 9.59 Å². The van der Waals surface area contributed by atoms with Gasteiger partial charge in [-0.25, -0.2) is 0 Å². The van der Waals surface area contributed by atoms with Crippen molar-refractivity contribution in [1.82, 2.24) is 0 Å². The number of anilines is 2. The van der Waals surface area contributed by atoms with Crippen LogP contribution >= 0.6 is 0 Å². The SMILES string of the molecule is O=C(Nc1ccccc1NC(=O)[C@@H]1C[C@@H]1c1ccccc1)[C@H]1C[C@@H]1c1ccccc1. The third-order valence-corrected chi connectivity index (χ3v) is 6.15. The molecule has 0 saturated heterocycles. The minimum absolute atomic E-state index is 0.0120. The van der Waals surface area contributed by atoms with Crippen LogP contribution in [0.3, 0.4) is 0 Å². The molecular formula is C26H24N2O2. The molecular weight excluding hydrogens is 372 g/mol. The molecule has 3 aromatic carbocycles. The molecule has 0 aliphatic heterocycles. The first-order chi connectivity index (χ1) is 14.7. The van der Waals surface area contributed by atoms with Crippen LogP contribution in [-0.4, -0.2) is 11.8 Å². The second-order valence-corrected chi connectivity index (χ2v) is 8.24. The fourth-order valence-corrected chi connectivity index (χ4v) is 4.26. The molecule has 4 atom stereocenters. The van der Waals surface area contributed by atoms with E-state index in [1.807, 2.05) is 60.7 Å². The van der Waals surface area contributed by atoms with Crippen molar-refractivity contribution in [1.29, 1.82) is 0 Å². The zero-order valence-electron chi connectivity index (χ0n) is 16.6. The molecule has 3 aromatic rings. The highest BCUT2D eigenvalue weighted by molar-refractivity contribution is 6.02. The third kappa shape index (κ3) is 3.86. The molecule has 2 fully saturated rings. The van der Waals surface area contributed by atoms with Gasteiger partial charge < -0.3 is 10.6 Å². The largest absolute Gasteiger partial charge is 0.324 e. The van der Waals surface area contributed by atoms with E-state index in [9.17, 15) is 9.59 Å². The molecule has 2 saturated carbocycles. The molecule has 2 aliphatic carbocycles. The summed E-state index contributed by atoms with van der Waals surface area (Å²) >= 11 is 0. The van der Waals surface area contributed by atoms with Crippen LogP contribution in [0, 0.1) is 11.8 Å². The van der Waals surface area contributed by atoms with Gasteiger partial charge in [0.05, 0.1) is 11.4 Å². The summed E-state index contributed by atoms with van der Waals surface area (Å²) in [5.41, 5.74) is 3.73. The molecule has 0 unspecified atom stereocenters. The molecule has 0 aromatic heterocycles. The molecule has 2 N–H and O–H groups in total. The quantitative estimate of drug-likeness (QED) is 0.604. The van der Waals surface area contributed by atoms with E-state index in [0.29, 0.717) is 11.4 Å². The highest BCUT2D eigenvalue weighted by Crippen LogP contribution is 2.49. The molecule has 0 heterocycles. The van der Waals surface area contributed by atoms with Gasteiger partial charge in [0, 0.05) is 11.8 Å². The van der Waals surface area contributed by atoms with E-state index in [1.165, 1.54) is 11.1 Å². The second kappa shape index (κ2) is 7.79. The van der Waals surface area contributed by atoms with Crippen LogP contribution in [0.4, 0.5) is 11.4 Å². The standard InChI is InChI=1S/C26H24N2O2/c29-25(21-15-19(21)17-9-3-1-4-10-17)27-23-13-7-8-14-24(23)28-26(30)22-16-20(22)18-11-5-2-6-12-18/h1-14,19-22H,15-16H2,(H,27,29)(H,28,30)/t19-,20-,21-,22+/m1/s1. The molecule has 2 aliphatic rings. The lowest BCUT2D eigenvalue weighted by molar-refractivity contribution is -0.118. The second-order valence-electron chi connectivity index (χ2n) is 8.24. The number of nitrogens with one attached hydrogen (secondary N) is 2. The lowest BCUT2D eigenvalue weighted by Crippen LogP contribution is -2.19. The van der Waals surface area contributed by atoms with Crippen molar-refractivity contribution in [3.63, 3.8) is 0 Å². The summed E-state index contributed by atoms with van der Waals surface area (Å²) in [4.78, 5) is 25.5. The van der Waals surface area contributed by atoms with Crippen molar-refractivity contribution in [2.75, 3.05) is 10.6 Å². The number of rotatable bonds is 6. The zero-order valence-corrected chi connectivity index (χ0v) is 16.6. The van der Waals surface area contributed by atoms with Gasteiger partial charge in [-0.3, -0.25) is 9.59 Å². The topological polar surface area (TPSA) is 58.2 Å². The number of para-hydroxylation sites is 2. The first-order valence-electron chi connectivity index (χ1n) is 10.5. The van der Waals surface area contributed by atoms with Crippen LogP contribution in [0.1, 0.15) is 35.8 Å². The van der Waals surface area contributed by atoms with Gasteiger partial charge in [0.25, 0.3) is 0 Å². The minimum atomic E-state index is -0.0120. The summed E-state index contributed by atoms with van der Waals surface area (Å²) in [7, 11) is 0. The molecule has 2 amide bonds. The predicted octanol–water partition coefficient (Wildman–Crippen LogP) is 5.17. The lowest BCUT2D eigenvalue weighted by atomic mass is 10.1. The molecule has 150 valence electrons. The van der Waals surface area contributed by atoms with Crippen molar-refractivity contribution >= 4 is 23.2 Å². The highest BCUT2D eigenvalue weighted by Gasteiger charge is 2.45. The Hall–Kier alpha value is -3.40. The van der Waals surface area contributed by atoms with Crippen molar-refractivity contribution < 1.29 is 9.59 Å². The first kappa shape index (κ1) is 18.6. The Labute approximate surface area is 176 Å². The average molecular weight is 396 g/mol. The highest BCUT2D eigenvalue weighted by atomic mass is 16.2. The number of hydrogen-bond donors (Lipinski definition) is 2. The van der Waals surface area contributed by atoms with E-state index in [1.54, 1.807) is 0 Å². The summed E-state index contributed by atoms with van der Waals surface area (Å²) < 4.78 is 0. The Morgan fingerprint density at radius 3 is 1.33 bits per heavy atom. The molecule has 0 bridgehead atoms. The van der Waals surface area contributed by atoms with Crippen LogP contribution in [0.25, 0.3) is 0 Å². The number of carbonyl (C=O) groups excluding carboxylic acids is 2. The number of carbonyl (C=O) groups is 2. The predicted molar refractivity (Wildman–Crippen MR) is 118 cm³/mol. The molecule has 30 heavy (non-hydrogen) atoms. The third-order valence-electron chi connectivity index (χ3n) is 6.15. The zero-order chi connectivity index (χ0) is 20.5. The average Bonchev–Trinajstić information content (AvgIpc) is 3.70. The van der Waals surface area contributed by atoms with E-state index in [0.717, 1.165) is 12.8 Å². The molecule has 0 radical (unpaired) electrons. The van der Waals surface area contributed by atoms with Gasteiger partial charge >= 0.3 is 0 Å². The van der Waals surface area contributed by atoms with Crippen molar-refractivity contribution in [3.8, 4) is 0 Å². The van der Waals surface area contributed by atoms with Gasteiger partial charge in [0.1, 0.15) is 0 Å². The van der Waals surface area contributed by atoms with Gasteiger partial charge in [-0.05, 0) is 47.9 Å². The minimum Gasteiger partial charge on any atom is -0.324 e. The van der Waals surface area contributed by atoms with Crippen molar-refractivity contribution in [2.45, 2.75) is 24.7 Å². The number of amides is 2. The summed E-state index contributed by atoms with van der Waals surface area (Å²) in [6.45, 7) is 0. The van der Waals surface area contributed by atoms with Crippen LogP contribution in [0.5, 0.6) is 0 Å². The van der Waals surface area contributed by atoms with Gasteiger partial charge in [-0.2, -0.15) is 0 Å². The molecule has 0 spiro atoms. The maximum absolute atomic E-state index is 12.8. The number of hydrogen-bond acceptors (Lipinski definition) is 2. The van der Waals surface area contributed by atoms with Crippen molar-refractivity contribution in [3.05, 3.63) is 96.1 Å². The van der Waals surface area contributed by atoms with Crippen molar-refractivity contribution in [2.24, 2.45) is 11.8 Å². The Morgan fingerprint density at radius 2 is 0.933 bits per heavy atom. The summed E-state index contributed by atoms with van der Waals surface area (Å²) in [5, 5.41) is 6.05. The molecule has 4 nitrogen and oxygen atoms in total. The van der Waals surface area contributed by atoms with Gasteiger partial charge in [0.15, 0.2) is 0 Å². The summed E-state index contributed by atoms with van der Waals surface area (Å²) in [5.74, 6) is 0.569. The smallest absolute Gasteiger partial charge is 0.228 e. The molecule has 4 heteroatoms. The normalized spacial score (nSPS) is 24.0. The van der Waals surface area contributed by atoms with E-state index in [4.69, 9.17) is 0 Å². The van der Waals surface area contributed by atoms with Gasteiger partial charge in [0.2, 0.25) is 11.8 Å². The fraction of sp³-hybridized carbons (Fsp3) is 0.231. The monoisotopic (exact) mass is 396 g/mol.